The van der Waals surface area contributed by atoms with Gasteiger partial charge in [-0.15, -0.1) is 0 Å². The summed E-state index contributed by atoms with van der Waals surface area (Å²) in [5, 5.41) is 9.92. The summed E-state index contributed by atoms with van der Waals surface area (Å²) in [7, 11) is 3.32. The van der Waals surface area contributed by atoms with Crippen LogP contribution in [0.3, 0.4) is 0 Å². The van der Waals surface area contributed by atoms with E-state index in [1.54, 1.807) is 0 Å². The number of aliphatic hydroxyl groups is 1. The van der Waals surface area contributed by atoms with Crippen molar-refractivity contribution in [2.45, 2.75) is 109 Å². The summed E-state index contributed by atoms with van der Waals surface area (Å²) < 4.78 is 15.9. The quantitative estimate of drug-likeness (QED) is 0.101. The topological polar surface area (TPSA) is 85.2 Å². The molecule has 33 heavy (non-hydrogen) atoms. The number of hydrogen-bond donors (Lipinski definition) is 2. The Balaban J connectivity index is 3.36. The number of rotatable bonds is 24. The molecule has 2 N–H and O–H groups in total. The molecule has 0 saturated heterocycles. The van der Waals surface area contributed by atoms with E-state index in [1.807, 2.05) is 21.1 Å². The van der Waals surface area contributed by atoms with Gasteiger partial charge in [0.1, 0.15) is 0 Å². The zero-order valence-corrected chi connectivity index (χ0v) is 22.8. The van der Waals surface area contributed by atoms with E-state index in [9.17, 15) is 14.8 Å². The van der Waals surface area contributed by atoms with Crippen molar-refractivity contribution in [2.24, 2.45) is 0 Å². The molecule has 0 aliphatic carbocycles. The van der Waals surface area contributed by atoms with Gasteiger partial charge in [-0.25, -0.2) is 4.79 Å². The minimum absolute atomic E-state index is 0.114. The highest BCUT2D eigenvalue weighted by Crippen LogP contribution is 2.33. The highest BCUT2D eigenvalue weighted by molar-refractivity contribution is 7.41. The molecule has 0 fully saturated rings. The van der Waals surface area contributed by atoms with Gasteiger partial charge in [-0.2, -0.15) is 0 Å². The molecule has 0 aliphatic heterocycles. The lowest BCUT2D eigenvalue weighted by atomic mass is 10.0. The number of carbonyl (C=O) groups is 1. The molecule has 2 atom stereocenters. The van der Waals surface area contributed by atoms with Crippen LogP contribution in [0, 0.1) is 0 Å². The van der Waals surface area contributed by atoms with Crippen molar-refractivity contribution in [2.75, 3.05) is 47.5 Å². The molecule has 0 saturated carbocycles. The Labute approximate surface area is 204 Å². The van der Waals surface area contributed by atoms with Gasteiger partial charge < -0.3 is 28.3 Å². The lowest BCUT2D eigenvalue weighted by Gasteiger charge is -2.22. The molecule has 0 amide bonds. The molecule has 0 rings (SSSR count). The maximum Gasteiger partial charge on any atom is 0.396 e. The van der Waals surface area contributed by atoms with Crippen LogP contribution in [0.1, 0.15) is 103 Å². The molecule has 8 heteroatoms. The molecule has 0 spiro atoms. The van der Waals surface area contributed by atoms with Crippen molar-refractivity contribution in [1.82, 2.24) is 0 Å². The van der Waals surface area contributed by atoms with Crippen LogP contribution >= 0.6 is 8.60 Å². The summed E-state index contributed by atoms with van der Waals surface area (Å²) in [6.07, 6.45) is 18.3. The molecule has 0 aromatic heterocycles. The fourth-order valence-corrected chi connectivity index (χ4v) is 4.04. The Hall–Kier alpha value is -0.300. The van der Waals surface area contributed by atoms with Gasteiger partial charge in [0.05, 0.1) is 40.5 Å². The molecule has 0 aromatic rings. The fraction of sp³-hybridized carbons (Fsp3) is 0.960. The first-order chi connectivity index (χ1) is 15.7. The number of aliphatic hydroxyl groups excluding tert-OH is 1. The predicted octanol–water partition coefficient (Wildman–Crippen LogP) is 5.72. The second-order valence-corrected chi connectivity index (χ2v) is 11.0. The average Bonchev–Trinajstić information content (AvgIpc) is 2.72. The first kappa shape index (κ1) is 32.7. The van der Waals surface area contributed by atoms with E-state index >= 15 is 0 Å². The van der Waals surface area contributed by atoms with Crippen LogP contribution in [0.4, 0.5) is 0 Å². The Kier molecular flexibility index (Phi) is 22.0. The molecular weight excluding hydrogens is 441 g/mol. The normalized spacial score (nSPS) is 13.8. The van der Waals surface area contributed by atoms with Crippen molar-refractivity contribution in [3.8, 4) is 0 Å². The van der Waals surface area contributed by atoms with Gasteiger partial charge in [-0.3, -0.25) is 0 Å². The summed E-state index contributed by atoms with van der Waals surface area (Å²) in [6, 6.07) is 0. The maximum atomic E-state index is 11.6. The molecule has 0 aliphatic rings. The summed E-state index contributed by atoms with van der Waals surface area (Å²) in [5.41, 5.74) is 0. The second kappa shape index (κ2) is 22.2. The summed E-state index contributed by atoms with van der Waals surface area (Å²) in [6.45, 7) is 3.45. The zero-order chi connectivity index (χ0) is 24.8. The Morgan fingerprint density at radius 3 is 1.79 bits per heavy atom. The van der Waals surface area contributed by atoms with E-state index in [0.29, 0.717) is 17.5 Å². The maximum absolute atomic E-state index is 11.6. The van der Waals surface area contributed by atoms with Crippen molar-refractivity contribution < 1.29 is 33.1 Å². The highest BCUT2D eigenvalue weighted by Gasteiger charge is 2.20. The average molecular weight is 495 g/mol. The molecule has 0 heterocycles. The molecule has 2 unspecified atom stereocenters. The number of nitrogens with zero attached hydrogens (tertiary/aromatic N) is 1. The van der Waals surface area contributed by atoms with E-state index in [2.05, 4.69) is 6.92 Å². The second-order valence-electron chi connectivity index (χ2n) is 10.1. The van der Waals surface area contributed by atoms with Gasteiger partial charge in [-0.05, 0) is 12.8 Å². The third-order valence-electron chi connectivity index (χ3n) is 5.39. The van der Waals surface area contributed by atoms with Gasteiger partial charge in [0.25, 0.3) is 0 Å². The largest absolute Gasteiger partial charge is 0.396 e. The van der Waals surface area contributed by atoms with Crippen molar-refractivity contribution in [3.05, 3.63) is 0 Å². The number of likely N-dealkylation sites (N-methyl/N-ethyl adjacent to an activating group) is 1. The van der Waals surface area contributed by atoms with Gasteiger partial charge in [0, 0.05) is 6.61 Å². The van der Waals surface area contributed by atoms with Crippen LogP contribution in [-0.4, -0.2) is 74.1 Å². The molecule has 198 valence electrons. The minimum atomic E-state index is -2.25. The third kappa shape index (κ3) is 26.2. The standard InChI is InChI=1S/C25H53NO6P/c1-5-6-7-8-9-10-11-12-13-14-15-16-17-18-20-30-23-24(27)19-21-31-33(29)32-25(28)22-26(2,3)4/h24,27,29H,5-23H2,1-4H3/q+1. The van der Waals surface area contributed by atoms with Gasteiger partial charge in [0.15, 0.2) is 6.54 Å². The van der Waals surface area contributed by atoms with Crippen LogP contribution in [0.2, 0.25) is 0 Å². The minimum Gasteiger partial charge on any atom is -0.391 e. The van der Waals surface area contributed by atoms with Crippen LogP contribution in [0.5, 0.6) is 0 Å². The van der Waals surface area contributed by atoms with Gasteiger partial charge >= 0.3 is 14.6 Å². The highest BCUT2D eigenvalue weighted by atomic mass is 31.2. The van der Waals surface area contributed by atoms with Crippen molar-refractivity contribution in [1.29, 1.82) is 0 Å². The van der Waals surface area contributed by atoms with Crippen LogP contribution in [0.25, 0.3) is 0 Å². The lowest BCUT2D eigenvalue weighted by molar-refractivity contribution is -0.862. The van der Waals surface area contributed by atoms with Crippen molar-refractivity contribution in [3.63, 3.8) is 0 Å². The summed E-state index contributed by atoms with van der Waals surface area (Å²) in [4.78, 5) is 21.2. The monoisotopic (exact) mass is 494 g/mol. The van der Waals surface area contributed by atoms with E-state index in [0.717, 1.165) is 6.42 Å². The summed E-state index contributed by atoms with van der Waals surface area (Å²) >= 11 is 0. The summed E-state index contributed by atoms with van der Waals surface area (Å²) in [5.74, 6) is -0.506. The molecule has 0 aromatic carbocycles. The molecule has 7 nitrogen and oxygen atoms in total. The van der Waals surface area contributed by atoms with E-state index < -0.39 is 20.7 Å². The first-order valence-corrected chi connectivity index (χ1v) is 14.3. The number of carbonyl (C=O) groups excluding carboxylic acids is 1. The SMILES string of the molecule is CCCCCCCCCCCCCCCCOCC(O)CCOP(O)OC(=O)C[N+](C)(C)C. The number of ether oxygens (including phenoxy) is 1. The smallest absolute Gasteiger partial charge is 0.391 e. The Bertz CT molecular complexity index is 447. The first-order valence-electron chi connectivity index (χ1n) is 13.1. The van der Waals surface area contributed by atoms with E-state index in [4.69, 9.17) is 13.8 Å². The zero-order valence-electron chi connectivity index (χ0n) is 21.9. The van der Waals surface area contributed by atoms with Crippen molar-refractivity contribution >= 4 is 14.6 Å². The van der Waals surface area contributed by atoms with Gasteiger partial charge in [0.2, 0.25) is 0 Å². The van der Waals surface area contributed by atoms with E-state index in [1.165, 1.54) is 83.5 Å². The lowest BCUT2D eigenvalue weighted by Crippen LogP contribution is -2.39. The molecule has 0 bridgehead atoms. The predicted molar refractivity (Wildman–Crippen MR) is 136 cm³/mol. The van der Waals surface area contributed by atoms with Gasteiger partial charge in [-0.1, -0.05) is 90.4 Å². The number of quaternary nitrogens is 1. The van der Waals surface area contributed by atoms with Crippen LogP contribution in [-0.2, 0) is 18.6 Å². The molecular formula is C25H53NO6P+. The number of unbranched alkanes of at least 4 members (excludes halogenated alkanes) is 13. The van der Waals surface area contributed by atoms with Crippen LogP contribution in [0.15, 0.2) is 0 Å². The number of hydrogen-bond acceptors (Lipinski definition) is 6. The van der Waals surface area contributed by atoms with E-state index in [-0.39, 0.29) is 19.8 Å². The fourth-order valence-electron chi connectivity index (χ4n) is 3.50. The Morgan fingerprint density at radius 2 is 1.30 bits per heavy atom. The van der Waals surface area contributed by atoms with Crippen LogP contribution < -0.4 is 0 Å². The third-order valence-corrected chi connectivity index (χ3v) is 6.15. The Morgan fingerprint density at radius 1 is 0.818 bits per heavy atom. The molecule has 0 radical (unpaired) electrons.